The van der Waals surface area contributed by atoms with Gasteiger partial charge in [0.05, 0.1) is 10.7 Å². The van der Waals surface area contributed by atoms with Gasteiger partial charge in [0, 0.05) is 12.6 Å². The van der Waals surface area contributed by atoms with E-state index in [1.807, 2.05) is 0 Å². The van der Waals surface area contributed by atoms with Crippen molar-refractivity contribution >= 4 is 27.4 Å². The van der Waals surface area contributed by atoms with E-state index in [1.165, 1.54) is 4.68 Å². The van der Waals surface area contributed by atoms with Gasteiger partial charge in [-0.05, 0) is 32.0 Å². The molecule has 5 nitrogen and oxygen atoms in total. The fourth-order valence-corrected chi connectivity index (χ4v) is 3.47. The Balaban J connectivity index is 2.46. The molecule has 0 aliphatic rings. The van der Waals surface area contributed by atoms with E-state index in [4.69, 9.17) is 11.6 Å². The van der Waals surface area contributed by atoms with Crippen LogP contribution < -0.4 is 4.72 Å². The Hall–Kier alpha value is -1.60. The van der Waals surface area contributed by atoms with Crippen molar-refractivity contribution < 1.29 is 12.8 Å². The standard InChI is InChI=1S/C12H13ClFN3O2S/c1-7-8(2)15-17(3)12(7)16-20(18,19)11-5-4-9(14)6-10(11)13/h4-6,16H,1-3H3. The summed E-state index contributed by atoms with van der Waals surface area (Å²) in [6.45, 7) is 3.53. The van der Waals surface area contributed by atoms with Gasteiger partial charge in [-0.25, -0.2) is 12.8 Å². The number of hydrogen-bond donors (Lipinski definition) is 1. The van der Waals surface area contributed by atoms with Crippen LogP contribution in [0.4, 0.5) is 10.2 Å². The van der Waals surface area contributed by atoms with Crippen molar-refractivity contribution in [2.45, 2.75) is 18.7 Å². The van der Waals surface area contributed by atoms with E-state index in [0.717, 1.165) is 23.9 Å². The molecular formula is C12H13ClFN3O2S. The lowest BCUT2D eigenvalue weighted by Crippen LogP contribution is -2.16. The van der Waals surface area contributed by atoms with Crippen LogP contribution in [0.25, 0.3) is 0 Å². The summed E-state index contributed by atoms with van der Waals surface area (Å²) in [4.78, 5) is -0.182. The number of sulfonamides is 1. The molecule has 0 fully saturated rings. The van der Waals surface area contributed by atoms with Gasteiger partial charge in [0.2, 0.25) is 0 Å². The molecule has 108 valence electrons. The van der Waals surface area contributed by atoms with Crippen molar-refractivity contribution in [3.63, 3.8) is 0 Å². The van der Waals surface area contributed by atoms with Gasteiger partial charge in [0.25, 0.3) is 10.0 Å². The van der Waals surface area contributed by atoms with Crippen LogP contribution in [-0.2, 0) is 17.1 Å². The normalized spacial score (nSPS) is 11.7. The molecule has 0 radical (unpaired) electrons. The van der Waals surface area contributed by atoms with E-state index in [1.54, 1.807) is 20.9 Å². The van der Waals surface area contributed by atoms with E-state index in [-0.39, 0.29) is 9.92 Å². The maximum Gasteiger partial charge on any atom is 0.264 e. The molecule has 8 heteroatoms. The molecule has 1 N–H and O–H groups in total. The molecule has 2 aromatic rings. The zero-order chi connectivity index (χ0) is 15.1. The lowest BCUT2D eigenvalue weighted by atomic mass is 10.3. The molecule has 0 spiro atoms. The molecule has 0 saturated heterocycles. The Bertz CT molecular complexity index is 771. The first-order chi connectivity index (χ1) is 9.22. The minimum absolute atomic E-state index is 0.172. The van der Waals surface area contributed by atoms with Gasteiger partial charge in [-0.3, -0.25) is 9.40 Å². The number of aryl methyl sites for hydroxylation is 2. The van der Waals surface area contributed by atoms with Gasteiger partial charge in [-0.1, -0.05) is 11.6 Å². The van der Waals surface area contributed by atoms with Gasteiger partial charge in [-0.2, -0.15) is 5.10 Å². The number of rotatable bonds is 3. The van der Waals surface area contributed by atoms with E-state index in [0.29, 0.717) is 11.4 Å². The minimum atomic E-state index is -3.90. The summed E-state index contributed by atoms with van der Waals surface area (Å²) in [6, 6.07) is 3.12. The topological polar surface area (TPSA) is 64.0 Å². The Morgan fingerprint density at radius 2 is 2.00 bits per heavy atom. The summed E-state index contributed by atoms with van der Waals surface area (Å²) in [5, 5.41) is 3.95. The minimum Gasteiger partial charge on any atom is -0.263 e. The first-order valence-electron chi connectivity index (χ1n) is 5.70. The molecule has 0 unspecified atom stereocenters. The highest BCUT2D eigenvalue weighted by atomic mass is 35.5. The zero-order valence-electron chi connectivity index (χ0n) is 11.1. The average Bonchev–Trinajstić information content (AvgIpc) is 2.55. The number of hydrogen-bond acceptors (Lipinski definition) is 3. The molecule has 1 aromatic heterocycles. The highest BCUT2D eigenvalue weighted by Gasteiger charge is 2.21. The van der Waals surface area contributed by atoms with E-state index in [9.17, 15) is 12.8 Å². The van der Waals surface area contributed by atoms with Crippen molar-refractivity contribution in [3.8, 4) is 0 Å². The van der Waals surface area contributed by atoms with Crippen molar-refractivity contribution in [1.82, 2.24) is 9.78 Å². The zero-order valence-corrected chi connectivity index (χ0v) is 12.7. The van der Waals surface area contributed by atoms with Crippen LogP contribution in [0.15, 0.2) is 23.1 Å². The molecule has 1 heterocycles. The van der Waals surface area contributed by atoms with Crippen LogP contribution in [0.1, 0.15) is 11.3 Å². The van der Waals surface area contributed by atoms with E-state index in [2.05, 4.69) is 9.82 Å². The van der Waals surface area contributed by atoms with Gasteiger partial charge < -0.3 is 0 Å². The van der Waals surface area contributed by atoms with E-state index < -0.39 is 15.8 Å². The van der Waals surface area contributed by atoms with Crippen LogP contribution >= 0.6 is 11.6 Å². The van der Waals surface area contributed by atoms with Crippen LogP contribution in [0.3, 0.4) is 0 Å². The number of nitrogens with zero attached hydrogens (tertiary/aromatic N) is 2. The largest absolute Gasteiger partial charge is 0.264 e. The lowest BCUT2D eigenvalue weighted by molar-refractivity contribution is 0.598. The van der Waals surface area contributed by atoms with Crippen molar-refractivity contribution in [2.24, 2.45) is 7.05 Å². The molecular weight excluding hydrogens is 305 g/mol. The monoisotopic (exact) mass is 317 g/mol. The Kier molecular flexibility index (Phi) is 3.75. The smallest absolute Gasteiger partial charge is 0.263 e. The predicted molar refractivity (Wildman–Crippen MR) is 74.9 cm³/mol. The molecule has 1 aromatic carbocycles. The third-order valence-electron chi connectivity index (χ3n) is 2.94. The molecule has 0 atom stereocenters. The lowest BCUT2D eigenvalue weighted by Gasteiger charge is -2.10. The highest BCUT2D eigenvalue weighted by Crippen LogP contribution is 2.26. The quantitative estimate of drug-likeness (QED) is 0.946. The highest BCUT2D eigenvalue weighted by molar-refractivity contribution is 7.92. The summed E-state index contributed by atoms with van der Waals surface area (Å²) in [7, 11) is -2.27. The second kappa shape index (κ2) is 5.06. The number of halogens is 2. The number of nitrogens with one attached hydrogen (secondary N) is 1. The summed E-state index contributed by atoms with van der Waals surface area (Å²) in [5.74, 6) is -0.246. The van der Waals surface area contributed by atoms with Gasteiger partial charge in [-0.15, -0.1) is 0 Å². The number of aromatic nitrogens is 2. The number of benzene rings is 1. The summed E-state index contributed by atoms with van der Waals surface area (Å²) >= 11 is 5.78. The van der Waals surface area contributed by atoms with Gasteiger partial charge in [0.1, 0.15) is 16.5 Å². The Labute approximate surface area is 121 Å². The molecule has 0 bridgehead atoms. The Morgan fingerprint density at radius 1 is 1.35 bits per heavy atom. The van der Waals surface area contributed by atoms with Crippen LogP contribution in [0, 0.1) is 19.7 Å². The van der Waals surface area contributed by atoms with Crippen LogP contribution in [0.2, 0.25) is 5.02 Å². The molecule has 0 aliphatic heterocycles. The number of anilines is 1. The SMILES string of the molecule is Cc1nn(C)c(NS(=O)(=O)c2ccc(F)cc2Cl)c1C. The predicted octanol–water partition coefficient (Wildman–Crippen LogP) is 2.63. The Morgan fingerprint density at radius 3 is 2.50 bits per heavy atom. The van der Waals surface area contributed by atoms with Crippen LogP contribution in [0.5, 0.6) is 0 Å². The third kappa shape index (κ3) is 2.64. The summed E-state index contributed by atoms with van der Waals surface area (Å²) < 4.78 is 41.4. The first-order valence-corrected chi connectivity index (χ1v) is 7.56. The summed E-state index contributed by atoms with van der Waals surface area (Å²) in [5.41, 5.74) is 1.43. The molecule has 2 rings (SSSR count). The van der Waals surface area contributed by atoms with Crippen molar-refractivity contribution in [2.75, 3.05) is 4.72 Å². The van der Waals surface area contributed by atoms with Gasteiger partial charge in [0.15, 0.2) is 0 Å². The van der Waals surface area contributed by atoms with Crippen molar-refractivity contribution in [1.29, 1.82) is 0 Å². The van der Waals surface area contributed by atoms with Crippen molar-refractivity contribution in [3.05, 3.63) is 40.3 Å². The fourth-order valence-electron chi connectivity index (χ4n) is 1.78. The third-order valence-corrected chi connectivity index (χ3v) is 4.76. The fraction of sp³-hybridized carbons (Fsp3) is 0.250. The molecule has 0 amide bonds. The van der Waals surface area contributed by atoms with Crippen LogP contribution in [-0.4, -0.2) is 18.2 Å². The second-order valence-corrected chi connectivity index (χ2v) is 6.42. The maximum atomic E-state index is 13.0. The molecule has 20 heavy (non-hydrogen) atoms. The first kappa shape index (κ1) is 14.8. The molecule has 0 saturated carbocycles. The average molecular weight is 318 g/mol. The van der Waals surface area contributed by atoms with E-state index >= 15 is 0 Å². The second-order valence-electron chi connectivity index (χ2n) is 4.36. The summed E-state index contributed by atoms with van der Waals surface area (Å²) in [6.07, 6.45) is 0. The maximum absolute atomic E-state index is 13.0. The molecule has 0 aliphatic carbocycles. The van der Waals surface area contributed by atoms with Gasteiger partial charge >= 0.3 is 0 Å².